The van der Waals surface area contributed by atoms with Gasteiger partial charge in [-0.15, -0.1) is 0 Å². The molecule has 1 aliphatic rings. The van der Waals surface area contributed by atoms with Crippen molar-refractivity contribution in [2.75, 3.05) is 20.2 Å². The van der Waals surface area contributed by atoms with Crippen molar-refractivity contribution in [3.63, 3.8) is 0 Å². The van der Waals surface area contributed by atoms with Gasteiger partial charge in [0, 0.05) is 25.7 Å². The van der Waals surface area contributed by atoms with Crippen LogP contribution in [0.1, 0.15) is 29.8 Å². The number of aliphatic hydroxyl groups is 1. The van der Waals surface area contributed by atoms with Crippen LogP contribution in [0.25, 0.3) is 11.1 Å². The van der Waals surface area contributed by atoms with Crippen LogP contribution >= 0.6 is 0 Å². The molecule has 9 nitrogen and oxygen atoms in total. The van der Waals surface area contributed by atoms with Gasteiger partial charge in [-0.1, -0.05) is 36.4 Å². The zero-order valence-electron chi connectivity index (χ0n) is 19.4. The number of carbonyl (C=O) groups is 3. The first-order valence-corrected chi connectivity index (χ1v) is 10.7. The monoisotopic (exact) mass is 464 g/mol. The number of morpholine rings is 1. The molecule has 0 aromatic heterocycles. The number of amides is 2. The van der Waals surface area contributed by atoms with E-state index in [2.05, 4.69) is 10.3 Å². The minimum atomic E-state index is -0.800. The zero-order chi connectivity index (χ0) is 24.9. The molecule has 0 bridgehead atoms. The minimum absolute atomic E-state index is 0.114. The lowest BCUT2D eigenvalue weighted by Crippen LogP contribution is -2.52. The van der Waals surface area contributed by atoms with Crippen LogP contribution in [0.4, 0.5) is 0 Å². The number of aliphatic imine (C=N–C) groups is 1. The molecular weight excluding hydrogens is 436 g/mol. The summed E-state index contributed by atoms with van der Waals surface area (Å²) in [5, 5.41) is 12.9. The van der Waals surface area contributed by atoms with Crippen LogP contribution in [0, 0.1) is 0 Å². The van der Waals surface area contributed by atoms with Crippen molar-refractivity contribution in [1.82, 2.24) is 10.2 Å². The molecule has 178 valence electrons. The van der Waals surface area contributed by atoms with Crippen molar-refractivity contribution in [2.45, 2.75) is 26.0 Å². The predicted molar refractivity (Wildman–Crippen MR) is 128 cm³/mol. The molecule has 34 heavy (non-hydrogen) atoms. The summed E-state index contributed by atoms with van der Waals surface area (Å²) < 4.78 is 5.73. The number of aliphatic hydroxyl groups excluding tert-OH is 1. The Hall–Kier alpha value is -3.98. The number of hydrogen-bond donors (Lipinski definition) is 3. The number of nitrogens with one attached hydrogen (secondary N) is 1. The summed E-state index contributed by atoms with van der Waals surface area (Å²) in [5.41, 5.74) is 6.99. The van der Waals surface area contributed by atoms with Gasteiger partial charge in [0.05, 0.1) is 6.61 Å². The molecule has 1 heterocycles. The third kappa shape index (κ3) is 5.49. The van der Waals surface area contributed by atoms with Gasteiger partial charge in [-0.25, -0.2) is 4.99 Å². The average Bonchev–Trinajstić information content (AvgIpc) is 2.82. The van der Waals surface area contributed by atoms with Crippen molar-refractivity contribution >= 4 is 23.9 Å². The van der Waals surface area contributed by atoms with E-state index in [-0.39, 0.29) is 12.8 Å². The van der Waals surface area contributed by atoms with Gasteiger partial charge < -0.3 is 25.8 Å². The minimum Gasteiger partial charge on any atom is -0.503 e. The topological polar surface area (TPSA) is 134 Å². The number of benzene rings is 2. The van der Waals surface area contributed by atoms with Gasteiger partial charge in [0.15, 0.2) is 17.7 Å². The van der Waals surface area contributed by atoms with Crippen molar-refractivity contribution in [3.05, 3.63) is 71.1 Å². The Bertz CT molecular complexity index is 1150. The highest BCUT2D eigenvalue weighted by Gasteiger charge is 2.34. The molecule has 0 saturated carbocycles. The van der Waals surface area contributed by atoms with E-state index in [9.17, 15) is 19.5 Å². The van der Waals surface area contributed by atoms with Crippen molar-refractivity contribution in [2.24, 2.45) is 10.7 Å². The number of nitrogens with zero attached hydrogens (tertiary/aromatic N) is 2. The molecule has 1 aliphatic heterocycles. The molecule has 0 radical (unpaired) electrons. The Morgan fingerprint density at radius 3 is 2.50 bits per heavy atom. The Labute approximate surface area is 197 Å². The number of likely N-dealkylation sites (N-methyl/N-ethyl adjacent to an activating group) is 1. The number of aldehydes is 1. The maximum Gasteiger partial charge on any atom is 0.274 e. The highest BCUT2D eigenvalue weighted by atomic mass is 16.5. The number of amidine groups is 1. The lowest BCUT2D eigenvalue weighted by Gasteiger charge is -2.38. The van der Waals surface area contributed by atoms with Gasteiger partial charge in [0.1, 0.15) is 11.4 Å². The number of nitrogens with two attached hydrogens (primary N) is 1. The molecule has 0 aliphatic carbocycles. The maximum absolute atomic E-state index is 13.0. The van der Waals surface area contributed by atoms with Crippen LogP contribution in [0.2, 0.25) is 0 Å². The van der Waals surface area contributed by atoms with Gasteiger partial charge >= 0.3 is 0 Å². The van der Waals surface area contributed by atoms with Gasteiger partial charge in [0.2, 0.25) is 5.91 Å². The Morgan fingerprint density at radius 2 is 1.88 bits per heavy atom. The molecular formula is C25H28N4O5. The van der Waals surface area contributed by atoms with Gasteiger partial charge in [0.25, 0.3) is 5.91 Å². The third-order valence-corrected chi connectivity index (χ3v) is 5.51. The van der Waals surface area contributed by atoms with Crippen molar-refractivity contribution in [1.29, 1.82) is 0 Å². The fourth-order valence-electron chi connectivity index (χ4n) is 3.70. The molecule has 1 saturated heterocycles. The molecule has 2 amide bonds. The summed E-state index contributed by atoms with van der Waals surface area (Å²) in [6.45, 7) is 4.76. The number of allylic oxidation sites excluding steroid dienone is 1. The summed E-state index contributed by atoms with van der Waals surface area (Å²) in [6.07, 6.45) is 0.184. The number of rotatable bonds is 7. The molecule has 0 unspecified atom stereocenters. The predicted octanol–water partition coefficient (Wildman–Crippen LogP) is 2.18. The SMILES string of the molecule is CN1CCOC(C)(C)C1=N/C(C(=O)NCc1ccccc1-c1ccc(C(N)=O)cc1)=C(/O)C=O. The lowest BCUT2D eigenvalue weighted by molar-refractivity contribution is -0.118. The summed E-state index contributed by atoms with van der Waals surface area (Å²) >= 11 is 0. The maximum atomic E-state index is 13.0. The Kier molecular flexibility index (Phi) is 7.47. The number of ether oxygens (including phenoxy) is 1. The largest absolute Gasteiger partial charge is 0.503 e. The van der Waals surface area contributed by atoms with E-state index < -0.39 is 28.9 Å². The summed E-state index contributed by atoms with van der Waals surface area (Å²) in [5.74, 6) is -1.56. The van der Waals surface area contributed by atoms with E-state index in [1.165, 1.54) is 0 Å². The second-order valence-corrected chi connectivity index (χ2v) is 8.35. The quantitative estimate of drug-likeness (QED) is 0.327. The summed E-state index contributed by atoms with van der Waals surface area (Å²) in [4.78, 5) is 41.7. The zero-order valence-corrected chi connectivity index (χ0v) is 19.4. The molecule has 0 spiro atoms. The fourth-order valence-corrected chi connectivity index (χ4v) is 3.70. The van der Waals surface area contributed by atoms with E-state index in [0.717, 1.165) is 16.7 Å². The first-order valence-electron chi connectivity index (χ1n) is 10.7. The van der Waals surface area contributed by atoms with E-state index >= 15 is 0 Å². The smallest absolute Gasteiger partial charge is 0.274 e. The van der Waals surface area contributed by atoms with Crippen molar-refractivity contribution < 1.29 is 24.2 Å². The molecule has 4 N–H and O–H groups in total. The second-order valence-electron chi connectivity index (χ2n) is 8.35. The third-order valence-electron chi connectivity index (χ3n) is 5.51. The average molecular weight is 465 g/mol. The lowest BCUT2D eigenvalue weighted by atomic mass is 9.98. The second kappa shape index (κ2) is 10.3. The first-order chi connectivity index (χ1) is 16.1. The van der Waals surface area contributed by atoms with Gasteiger partial charge in [-0.2, -0.15) is 0 Å². The standard InChI is InChI=1S/C25H28N4O5/c1-25(2)24(29(3)12-13-34-25)28-21(20(31)15-30)23(33)27-14-18-6-4-5-7-19(18)16-8-10-17(11-9-16)22(26)32/h4-11,15,31H,12-14H2,1-3H3,(H2,26,32)(H,27,33)/b21-20+,28-24?. The highest BCUT2D eigenvalue weighted by Crippen LogP contribution is 2.25. The molecule has 9 heteroatoms. The summed E-state index contributed by atoms with van der Waals surface area (Å²) in [6, 6.07) is 14.2. The molecule has 0 atom stereocenters. The van der Waals surface area contributed by atoms with Crippen LogP contribution in [0.15, 0.2) is 65.0 Å². The van der Waals surface area contributed by atoms with Crippen LogP contribution < -0.4 is 11.1 Å². The van der Waals surface area contributed by atoms with Crippen molar-refractivity contribution in [3.8, 4) is 11.1 Å². The number of hydrogen-bond acceptors (Lipinski definition) is 6. The fraction of sp³-hybridized carbons (Fsp3) is 0.280. The van der Waals surface area contributed by atoms with E-state index in [1.807, 2.05) is 29.2 Å². The highest BCUT2D eigenvalue weighted by molar-refractivity contribution is 6.02. The van der Waals surface area contributed by atoms with E-state index in [1.54, 1.807) is 45.2 Å². The van der Waals surface area contributed by atoms with Crippen LogP contribution in [0.3, 0.4) is 0 Å². The van der Waals surface area contributed by atoms with Gasteiger partial charge in [-0.3, -0.25) is 14.4 Å². The van der Waals surface area contributed by atoms with Gasteiger partial charge in [-0.05, 0) is 42.7 Å². The van der Waals surface area contributed by atoms with Crippen LogP contribution in [-0.2, 0) is 20.9 Å². The Morgan fingerprint density at radius 1 is 1.21 bits per heavy atom. The normalized spacial score (nSPS) is 17.1. The Balaban J connectivity index is 1.86. The molecule has 1 fully saturated rings. The molecule has 2 aromatic rings. The first kappa shape index (κ1) is 24.7. The number of primary amides is 1. The molecule has 2 aromatic carbocycles. The molecule has 3 rings (SSSR count). The van der Waals surface area contributed by atoms with E-state index in [0.29, 0.717) is 24.6 Å². The van der Waals surface area contributed by atoms with Crippen LogP contribution in [-0.4, -0.2) is 59.7 Å². The number of carbonyl (C=O) groups excluding carboxylic acids is 3. The van der Waals surface area contributed by atoms with Crippen LogP contribution in [0.5, 0.6) is 0 Å². The summed E-state index contributed by atoms with van der Waals surface area (Å²) in [7, 11) is 1.80. The van der Waals surface area contributed by atoms with E-state index in [4.69, 9.17) is 10.5 Å².